The Morgan fingerprint density at radius 2 is 2.11 bits per heavy atom. The van der Waals surface area contributed by atoms with Crippen LogP contribution in [0, 0.1) is 5.41 Å². The summed E-state index contributed by atoms with van der Waals surface area (Å²) in [5.74, 6) is -0.124. The fourth-order valence-corrected chi connectivity index (χ4v) is 3.22. The number of methoxy groups -OCH3 is 1. The van der Waals surface area contributed by atoms with Gasteiger partial charge in [0, 0.05) is 19.1 Å². The molecule has 1 aliphatic carbocycles. The number of carbonyl (C=O) groups is 1. The maximum Gasteiger partial charge on any atom is 0.312 e. The van der Waals surface area contributed by atoms with Crippen molar-refractivity contribution in [1.29, 1.82) is 0 Å². The zero-order chi connectivity index (χ0) is 13.2. The lowest BCUT2D eigenvalue weighted by Gasteiger charge is -2.45. The van der Waals surface area contributed by atoms with E-state index in [1.54, 1.807) is 0 Å². The van der Waals surface area contributed by atoms with Crippen LogP contribution in [-0.2, 0) is 14.3 Å². The normalized spacial score (nSPS) is 29.7. The second-order valence-corrected chi connectivity index (χ2v) is 6.11. The quantitative estimate of drug-likeness (QED) is 0.721. The molecule has 0 bridgehead atoms. The van der Waals surface area contributed by atoms with Crippen molar-refractivity contribution < 1.29 is 14.3 Å². The van der Waals surface area contributed by atoms with Crippen molar-refractivity contribution in [3.8, 4) is 0 Å². The van der Waals surface area contributed by atoms with Crippen LogP contribution in [0.1, 0.15) is 39.5 Å². The van der Waals surface area contributed by atoms with Gasteiger partial charge in [-0.1, -0.05) is 12.8 Å². The summed E-state index contributed by atoms with van der Waals surface area (Å²) in [6.07, 6.45) is 5.29. The molecule has 2 atom stereocenters. The van der Waals surface area contributed by atoms with Crippen molar-refractivity contribution in [3.05, 3.63) is 0 Å². The topological polar surface area (TPSA) is 38.8 Å². The Balaban J connectivity index is 2.01. The van der Waals surface area contributed by atoms with Crippen LogP contribution >= 0.6 is 0 Å². The van der Waals surface area contributed by atoms with E-state index in [0.29, 0.717) is 12.1 Å². The van der Waals surface area contributed by atoms with Crippen molar-refractivity contribution >= 4 is 5.97 Å². The van der Waals surface area contributed by atoms with E-state index in [0.717, 1.165) is 19.7 Å². The van der Waals surface area contributed by atoms with Crippen molar-refractivity contribution in [3.63, 3.8) is 0 Å². The molecule has 4 nitrogen and oxygen atoms in total. The zero-order valence-corrected chi connectivity index (χ0v) is 11.8. The summed E-state index contributed by atoms with van der Waals surface area (Å²) in [5, 5.41) is 0. The van der Waals surface area contributed by atoms with Crippen molar-refractivity contribution in [2.45, 2.75) is 51.7 Å². The van der Waals surface area contributed by atoms with Gasteiger partial charge in [0.05, 0.1) is 25.2 Å². The summed E-state index contributed by atoms with van der Waals surface area (Å²) in [7, 11) is 1.47. The van der Waals surface area contributed by atoms with Gasteiger partial charge in [-0.05, 0) is 26.7 Å². The highest BCUT2D eigenvalue weighted by Crippen LogP contribution is 2.31. The van der Waals surface area contributed by atoms with Crippen LogP contribution in [0.15, 0.2) is 0 Å². The summed E-state index contributed by atoms with van der Waals surface area (Å²) in [5.41, 5.74) is -0.436. The molecule has 2 aliphatic rings. The Morgan fingerprint density at radius 3 is 2.83 bits per heavy atom. The minimum Gasteiger partial charge on any atom is -0.469 e. The van der Waals surface area contributed by atoms with E-state index in [9.17, 15) is 4.79 Å². The molecule has 1 saturated heterocycles. The molecule has 18 heavy (non-hydrogen) atoms. The lowest BCUT2D eigenvalue weighted by molar-refractivity contribution is -0.155. The SMILES string of the molecule is COC(=O)C(C)(C)CN1CCOC2CCCCC21. The van der Waals surface area contributed by atoms with E-state index in [1.165, 1.54) is 32.8 Å². The van der Waals surface area contributed by atoms with Gasteiger partial charge in [-0.25, -0.2) is 0 Å². The van der Waals surface area contributed by atoms with Crippen LogP contribution in [0.5, 0.6) is 0 Å². The third-order valence-electron chi connectivity index (χ3n) is 4.18. The molecule has 0 aromatic heterocycles. The number of hydrogen-bond donors (Lipinski definition) is 0. The molecule has 0 N–H and O–H groups in total. The molecular formula is C14H25NO3. The number of nitrogens with zero attached hydrogens (tertiary/aromatic N) is 1. The first-order chi connectivity index (χ1) is 8.54. The third-order valence-corrected chi connectivity index (χ3v) is 4.18. The van der Waals surface area contributed by atoms with Gasteiger partial charge in [-0.3, -0.25) is 9.69 Å². The minimum atomic E-state index is -0.436. The van der Waals surface area contributed by atoms with Crippen molar-refractivity contribution in [1.82, 2.24) is 4.90 Å². The molecule has 0 amide bonds. The fraction of sp³-hybridized carbons (Fsp3) is 0.929. The predicted octanol–water partition coefficient (Wildman–Crippen LogP) is 1.83. The average Bonchev–Trinajstić information content (AvgIpc) is 2.38. The van der Waals surface area contributed by atoms with E-state index in [1.807, 2.05) is 13.8 Å². The number of morpholine rings is 1. The van der Waals surface area contributed by atoms with Crippen LogP contribution in [0.3, 0.4) is 0 Å². The molecule has 104 valence electrons. The van der Waals surface area contributed by atoms with E-state index >= 15 is 0 Å². The molecule has 4 heteroatoms. The van der Waals surface area contributed by atoms with Gasteiger partial charge in [-0.15, -0.1) is 0 Å². The highest BCUT2D eigenvalue weighted by atomic mass is 16.5. The van der Waals surface area contributed by atoms with Crippen molar-refractivity contribution in [2.75, 3.05) is 26.8 Å². The summed E-state index contributed by atoms with van der Waals surface area (Å²) in [6.45, 7) is 6.42. The van der Waals surface area contributed by atoms with Gasteiger partial charge in [-0.2, -0.15) is 0 Å². The molecular weight excluding hydrogens is 230 g/mol. The van der Waals surface area contributed by atoms with E-state index < -0.39 is 5.41 Å². The van der Waals surface area contributed by atoms with Crippen LogP contribution in [0.4, 0.5) is 0 Å². The van der Waals surface area contributed by atoms with Gasteiger partial charge >= 0.3 is 5.97 Å². The third kappa shape index (κ3) is 2.86. The second kappa shape index (κ2) is 5.57. The van der Waals surface area contributed by atoms with Crippen LogP contribution in [0.25, 0.3) is 0 Å². The van der Waals surface area contributed by atoms with Crippen LogP contribution < -0.4 is 0 Å². The molecule has 2 unspecified atom stereocenters. The van der Waals surface area contributed by atoms with Gasteiger partial charge in [0.15, 0.2) is 0 Å². The largest absolute Gasteiger partial charge is 0.469 e. The molecule has 2 rings (SSSR count). The first-order valence-electron chi connectivity index (χ1n) is 6.98. The highest BCUT2D eigenvalue weighted by Gasteiger charge is 2.39. The molecule has 0 aromatic carbocycles. The highest BCUT2D eigenvalue weighted by molar-refractivity contribution is 5.76. The Bertz CT molecular complexity index is 301. The number of fused-ring (bicyclic) bond motifs is 1. The standard InChI is InChI=1S/C14H25NO3/c1-14(2,13(16)17-3)10-15-8-9-18-12-7-5-4-6-11(12)15/h11-12H,4-10H2,1-3H3. The Kier molecular flexibility index (Phi) is 4.28. The summed E-state index contributed by atoms with van der Waals surface area (Å²) in [6, 6.07) is 0.497. The molecule has 1 saturated carbocycles. The number of rotatable bonds is 3. The molecule has 1 heterocycles. The van der Waals surface area contributed by atoms with Crippen LogP contribution in [-0.4, -0.2) is 49.8 Å². The Labute approximate surface area is 110 Å². The molecule has 0 radical (unpaired) electrons. The van der Waals surface area contributed by atoms with Gasteiger partial charge < -0.3 is 9.47 Å². The lowest BCUT2D eigenvalue weighted by atomic mass is 9.86. The molecule has 2 fully saturated rings. The maximum absolute atomic E-state index is 11.8. The van der Waals surface area contributed by atoms with Crippen molar-refractivity contribution in [2.24, 2.45) is 5.41 Å². The Morgan fingerprint density at radius 1 is 1.39 bits per heavy atom. The van der Waals surface area contributed by atoms with Crippen LogP contribution in [0.2, 0.25) is 0 Å². The fourth-order valence-electron chi connectivity index (χ4n) is 3.22. The molecule has 0 spiro atoms. The second-order valence-electron chi connectivity index (χ2n) is 6.11. The van der Waals surface area contributed by atoms with E-state index in [2.05, 4.69) is 4.90 Å². The van der Waals surface area contributed by atoms with E-state index in [-0.39, 0.29) is 5.97 Å². The van der Waals surface area contributed by atoms with Gasteiger partial charge in [0.25, 0.3) is 0 Å². The van der Waals surface area contributed by atoms with E-state index in [4.69, 9.17) is 9.47 Å². The van der Waals surface area contributed by atoms with Gasteiger partial charge in [0.2, 0.25) is 0 Å². The smallest absolute Gasteiger partial charge is 0.312 e. The maximum atomic E-state index is 11.8. The lowest BCUT2D eigenvalue weighted by Crippen LogP contribution is -2.55. The number of carbonyl (C=O) groups excluding carboxylic acids is 1. The first-order valence-corrected chi connectivity index (χ1v) is 6.98. The summed E-state index contributed by atoms with van der Waals surface area (Å²) in [4.78, 5) is 14.2. The van der Waals surface area contributed by atoms with Gasteiger partial charge in [0.1, 0.15) is 0 Å². The number of esters is 1. The summed E-state index contributed by atoms with van der Waals surface area (Å²) >= 11 is 0. The molecule has 0 aromatic rings. The average molecular weight is 255 g/mol. The minimum absolute atomic E-state index is 0.124. The predicted molar refractivity (Wildman–Crippen MR) is 69.4 cm³/mol. The zero-order valence-electron chi connectivity index (χ0n) is 11.8. The first kappa shape index (κ1) is 13.8. The monoisotopic (exact) mass is 255 g/mol. The number of hydrogen-bond acceptors (Lipinski definition) is 4. The molecule has 1 aliphatic heterocycles. The summed E-state index contributed by atoms with van der Waals surface area (Å²) < 4.78 is 10.8. The Hall–Kier alpha value is -0.610. The number of ether oxygens (including phenoxy) is 2.